The summed E-state index contributed by atoms with van der Waals surface area (Å²) in [5.74, 6) is -0.361. The maximum atomic E-state index is 12.4. The molecule has 0 atom stereocenters. The lowest BCUT2D eigenvalue weighted by Gasteiger charge is -2.08. The van der Waals surface area contributed by atoms with E-state index in [4.69, 9.17) is 10.5 Å². The van der Waals surface area contributed by atoms with Crippen molar-refractivity contribution in [1.82, 2.24) is 14.6 Å². The van der Waals surface area contributed by atoms with Crippen molar-refractivity contribution < 1.29 is 17.9 Å². The zero-order chi connectivity index (χ0) is 20.6. The van der Waals surface area contributed by atoms with Crippen molar-refractivity contribution in [3.8, 4) is 0 Å². The molecule has 0 amide bonds. The van der Waals surface area contributed by atoms with Crippen molar-refractivity contribution in [1.29, 1.82) is 0 Å². The number of ketones is 1. The van der Waals surface area contributed by atoms with Crippen LogP contribution in [0.15, 0.2) is 38.7 Å². The summed E-state index contributed by atoms with van der Waals surface area (Å²) in [6, 6.07) is 0. The van der Waals surface area contributed by atoms with E-state index in [1.54, 1.807) is 13.8 Å². The number of ether oxygens (including phenoxy) is 1. The van der Waals surface area contributed by atoms with E-state index in [0.29, 0.717) is 5.57 Å². The van der Waals surface area contributed by atoms with Gasteiger partial charge in [0.25, 0.3) is 5.56 Å². The Labute approximate surface area is 164 Å². The van der Waals surface area contributed by atoms with Gasteiger partial charge in [0.2, 0.25) is 24.9 Å². The average molecular weight is 422 g/mol. The van der Waals surface area contributed by atoms with E-state index in [9.17, 15) is 18.0 Å². The van der Waals surface area contributed by atoms with Gasteiger partial charge in [0.05, 0.1) is 18.4 Å². The van der Waals surface area contributed by atoms with Gasteiger partial charge in [0.15, 0.2) is 5.76 Å². The van der Waals surface area contributed by atoms with Crippen molar-refractivity contribution in [3.63, 3.8) is 0 Å². The molecule has 0 unspecified atom stereocenters. The highest BCUT2D eigenvalue weighted by molar-refractivity contribution is 7.93. The molecule has 148 valence electrons. The van der Waals surface area contributed by atoms with E-state index in [-0.39, 0.29) is 43.9 Å². The number of aromatic nitrogens is 3. The van der Waals surface area contributed by atoms with Gasteiger partial charge in [-0.25, -0.2) is 8.42 Å². The number of carbonyl (C=O) groups excluding carboxylic acids is 1. The first-order valence-corrected chi connectivity index (χ1v) is 10.7. The topological polar surface area (TPSA) is 134 Å². The second-order valence-electron chi connectivity index (χ2n) is 6.51. The Morgan fingerprint density at radius 1 is 1.32 bits per heavy atom. The first-order chi connectivity index (χ1) is 13.1. The summed E-state index contributed by atoms with van der Waals surface area (Å²) in [6.07, 6.45) is 5.73. The van der Waals surface area contributed by atoms with Crippen LogP contribution >= 0.6 is 11.3 Å². The van der Waals surface area contributed by atoms with Crippen molar-refractivity contribution in [3.05, 3.63) is 45.5 Å². The fourth-order valence-electron chi connectivity index (χ4n) is 2.58. The molecule has 0 spiro atoms. The molecule has 2 heterocycles. The number of anilines is 1. The number of methoxy groups -OCH3 is 1. The van der Waals surface area contributed by atoms with E-state index >= 15 is 0 Å². The molecule has 2 aromatic rings. The summed E-state index contributed by atoms with van der Waals surface area (Å²) in [6.45, 7) is 3.57. The molecule has 11 heteroatoms. The van der Waals surface area contributed by atoms with Crippen LogP contribution in [0, 0.1) is 5.92 Å². The fraction of sp³-hybridized carbons (Fsp3) is 0.294. The Hall–Kier alpha value is -2.79. The molecular weight excluding hydrogens is 404 g/mol. The highest BCUT2D eigenvalue weighted by Gasteiger charge is 2.24. The summed E-state index contributed by atoms with van der Waals surface area (Å²) in [5.41, 5.74) is 5.99. The SMILES string of the molecule is COC1=C/C(=C/c2c(N)n3nc(S(=O)(=O)CC(C)C)sc3nc2=O)C=CC1=O. The van der Waals surface area contributed by atoms with Gasteiger partial charge >= 0.3 is 0 Å². The number of carbonyl (C=O) groups is 1. The standard InChI is InChI=1S/C17H18N4O5S2/c1-9(2)8-28(24,25)17-20-21-14(18)11(15(23)19-16(21)27-17)6-10-4-5-12(22)13(7-10)26-3/h4-7,9H,8,18H2,1-3H3/b10-6+. The number of nitrogens with zero attached hydrogens (tertiary/aromatic N) is 3. The number of sulfone groups is 1. The van der Waals surface area contributed by atoms with Gasteiger partial charge in [-0.1, -0.05) is 31.3 Å². The van der Waals surface area contributed by atoms with Gasteiger partial charge in [-0.05, 0) is 29.7 Å². The van der Waals surface area contributed by atoms with Gasteiger partial charge in [-0.15, -0.1) is 5.10 Å². The summed E-state index contributed by atoms with van der Waals surface area (Å²) in [7, 11) is -2.24. The van der Waals surface area contributed by atoms with E-state index in [1.807, 2.05) is 0 Å². The molecule has 0 fully saturated rings. The van der Waals surface area contributed by atoms with Crippen molar-refractivity contribution >= 4 is 43.8 Å². The third-order valence-corrected chi connectivity index (χ3v) is 7.22. The molecule has 0 aromatic carbocycles. The monoisotopic (exact) mass is 422 g/mol. The predicted molar refractivity (Wildman–Crippen MR) is 106 cm³/mol. The number of rotatable bonds is 5. The van der Waals surface area contributed by atoms with Crippen LogP contribution in [0.5, 0.6) is 0 Å². The Morgan fingerprint density at radius 2 is 2.04 bits per heavy atom. The second kappa shape index (κ2) is 7.32. The lowest BCUT2D eigenvalue weighted by molar-refractivity contribution is -0.114. The molecule has 0 saturated carbocycles. The molecule has 9 nitrogen and oxygen atoms in total. The smallest absolute Gasteiger partial charge is 0.283 e. The number of nitrogens with two attached hydrogens (primary N) is 1. The van der Waals surface area contributed by atoms with Crippen LogP contribution in [0.2, 0.25) is 0 Å². The lowest BCUT2D eigenvalue weighted by Crippen LogP contribution is -2.17. The van der Waals surface area contributed by atoms with Crippen molar-refractivity contribution in [2.75, 3.05) is 18.6 Å². The molecule has 2 aromatic heterocycles. The third kappa shape index (κ3) is 3.76. The van der Waals surface area contributed by atoms with E-state index < -0.39 is 15.4 Å². The van der Waals surface area contributed by atoms with Gasteiger partial charge in [0.1, 0.15) is 5.82 Å². The van der Waals surface area contributed by atoms with Crippen LogP contribution in [-0.4, -0.2) is 41.7 Å². The maximum Gasteiger partial charge on any atom is 0.283 e. The molecule has 28 heavy (non-hydrogen) atoms. The Bertz CT molecular complexity index is 1220. The molecule has 0 radical (unpaired) electrons. The number of hydrogen-bond acceptors (Lipinski definition) is 9. The minimum absolute atomic E-state index is 0.0382. The predicted octanol–water partition coefficient (Wildman–Crippen LogP) is 1.22. The van der Waals surface area contributed by atoms with E-state index in [1.165, 1.54) is 31.4 Å². The molecular formula is C17H18N4O5S2. The highest BCUT2D eigenvalue weighted by atomic mass is 32.2. The van der Waals surface area contributed by atoms with Crippen LogP contribution in [0.25, 0.3) is 11.0 Å². The quantitative estimate of drug-likeness (QED) is 0.760. The largest absolute Gasteiger partial charge is 0.493 e. The molecule has 0 saturated heterocycles. The molecule has 1 aliphatic carbocycles. The summed E-state index contributed by atoms with van der Waals surface area (Å²) < 4.78 is 30.8. The van der Waals surface area contributed by atoms with E-state index in [0.717, 1.165) is 15.9 Å². The number of fused-ring (bicyclic) bond motifs is 1. The second-order valence-corrected chi connectivity index (χ2v) is 9.67. The minimum atomic E-state index is -3.61. The number of allylic oxidation sites excluding steroid dienone is 4. The van der Waals surface area contributed by atoms with Crippen LogP contribution in [0.1, 0.15) is 19.4 Å². The first kappa shape index (κ1) is 20.0. The summed E-state index contributed by atoms with van der Waals surface area (Å²) >= 11 is 0.795. The van der Waals surface area contributed by atoms with Gasteiger partial charge in [-0.2, -0.15) is 9.50 Å². The zero-order valence-electron chi connectivity index (χ0n) is 15.4. The summed E-state index contributed by atoms with van der Waals surface area (Å²) in [5, 5.41) is 4.05. The zero-order valence-corrected chi connectivity index (χ0v) is 17.0. The Balaban J connectivity index is 2.13. The third-order valence-electron chi connectivity index (χ3n) is 3.79. The van der Waals surface area contributed by atoms with Crippen LogP contribution < -0.4 is 11.3 Å². The normalized spacial score (nSPS) is 16.2. The van der Waals surface area contributed by atoms with Crippen LogP contribution in [0.3, 0.4) is 0 Å². The maximum absolute atomic E-state index is 12.4. The molecule has 1 aliphatic rings. The average Bonchev–Trinajstić information content (AvgIpc) is 3.04. The van der Waals surface area contributed by atoms with Gasteiger partial charge in [-0.3, -0.25) is 9.59 Å². The lowest BCUT2D eigenvalue weighted by atomic mass is 10.0. The molecule has 0 aliphatic heterocycles. The van der Waals surface area contributed by atoms with Crippen molar-refractivity contribution in [2.45, 2.75) is 18.2 Å². The summed E-state index contributed by atoms with van der Waals surface area (Å²) in [4.78, 5) is 28.0. The molecule has 3 rings (SSSR count). The van der Waals surface area contributed by atoms with Gasteiger partial charge < -0.3 is 10.5 Å². The molecule has 2 N–H and O–H groups in total. The number of hydrogen-bond donors (Lipinski definition) is 1. The van der Waals surface area contributed by atoms with Gasteiger partial charge in [0, 0.05) is 0 Å². The fourth-order valence-corrected chi connectivity index (χ4v) is 5.37. The van der Waals surface area contributed by atoms with Crippen molar-refractivity contribution in [2.24, 2.45) is 5.92 Å². The van der Waals surface area contributed by atoms with Crippen LogP contribution in [0.4, 0.5) is 5.82 Å². The number of nitrogen functional groups attached to an aromatic ring is 1. The van der Waals surface area contributed by atoms with E-state index in [2.05, 4.69) is 10.1 Å². The molecule has 0 bridgehead atoms. The minimum Gasteiger partial charge on any atom is -0.493 e. The highest BCUT2D eigenvalue weighted by Crippen LogP contribution is 2.24. The Kier molecular flexibility index (Phi) is 5.22. The Morgan fingerprint density at radius 3 is 2.68 bits per heavy atom. The first-order valence-electron chi connectivity index (χ1n) is 8.24. The van der Waals surface area contributed by atoms with Crippen LogP contribution in [-0.2, 0) is 19.4 Å².